The maximum Gasteiger partial charge on any atom is 0.279 e. The van der Waals surface area contributed by atoms with Crippen LogP contribution in [0.25, 0.3) is 6.08 Å². The van der Waals surface area contributed by atoms with Gasteiger partial charge in [0.05, 0.1) is 9.93 Å². The van der Waals surface area contributed by atoms with Crippen LogP contribution < -0.4 is 10.1 Å². The number of amides is 2. The van der Waals surface area contributed by atoms with E-state index >= 15 is 0 Å². The van der Waals surface area contributed by atoms with Gasteiger partial charge < -0.3 is 10.1 Å². The number of amidine groups is 1. The Kier molecular flexibility index (Phi) is 6.68. The number of rotatable bonds is 5. The van der Waals surface area contributed by atoms with Crippen molar-refractivity contribution in [2.45, 2.75) is 6.61 Å². The zero-order valence-corrected chi connectivity index (χ0v) is 18.1. The van der Waals surface area contributed by atoms with E-state index in [2.05, 4.69) is 10.3 Å². The zero-order valence-electron chi connectivity index (χ0n) is 16.5. The minimum atomic E-state index is -0.433. The monoisotopic (exact) mass is 466 g/mol. The van der Waals surface area contributed by atoms with Crippen LogP contribution >= 0.6 is 23.4 Å². The molecule has 0 aromatic heterocycles. The number of ether oxygens (including phenoxy) is 1. The van der Waals surface area contributed by atoms with E-state index in [1.807, 2.05) is 0 Å². The molecule has 1 aliphatic rings. The SMILES string of the molecule is O=C1NC(=NC(=O)c2ccccc2)S/C1=C\c1ccc(OCc2cccc(F)c2)c(Cl)c1. The van der Waals surface area contributed by atoms with Gasteiger partial charge in [-0.3, -0.25) is 9.59 Å². The van der Waals surface area contributed by atoms with E-state index in [1.165, 1.54) is 12.1 Å². The van der Waals surface area contributed by atoms with Crippen LogP contribution in [0, 0.1) is 5.82 Å². The first-order chi connectivity index (χ1) is 15.5. The fourth-order valence-corrected chi connectivity index (χ4v) is 3.94. The largest absolute Gasteiger partial charge is 0.487 e. The fraction of sp³-hybridized carbons (Fsp3) is 0.0417. The van der Waals surface area contributed by atoms with Crippen LogP contribution in [-0.4, -0.2) is 17.0 Å². The molecule has 0 atom stereocenters. The molecule has 3 aromatic rings. The van der Waals surface area contributed by atoms with Crippen LogP contribution in [0.3, 0.4) is 0 Å². The van der Waals surface area contributed by atoms with Crippen LogP contribution in [-0.2, 0) is 11.4 Å². The van der Waals surface area contributed by atoms with Crippen LogP contribution in [0.4, 0.5) is 4.39 Å². The lowest BCUT2D eigenvalue weighted by Crippen LogP contribution is -2.20. The summed E-state index contributed by atoms with van der Waals surface area (Å²) in [7, 11) is 0. The first-order valence-corrected chi connectivity index (χ1v) is 10.7. The van der Waals surface area contributed by atoms with Gasteiger partial charge in [0.25, 0.3) is 11.8 Å². The minimum Gasteiger partial charge on any atom is -0.487 e. The molecule has 1 fully saturated rings. The summed E-state index contributed by atoms with van der Waals surface area (Å²) in [4.78, 5) is 28.8. The number of benzene rings is 3. The molecule has 0 spiro atoms. The molecule has 0 bridgehead atoms. The number of carbonyl (C=O) groups excluding carboxylic acids is 2. The molecular formula is C24H16ClFN2O3S. The number of carbonyl (C=O) groups is 2. The lowest BCUT2D eigenvalue weighted by atomic mass is 10.2. The van der Waals surface area contributed by atoms with Crippen LogP contribution in [0.2, 0.25) is 5.02 Å². The summed E-state index contributed by atoms with van der Waals surface area (Å²) in [5, 5.41) is 3.16. The van der Waals surface area contributed by atoms with Crippen LogP contribution in [0.15, 0.2) is 82.7 Å². The molecule has 1 N–H and O–H groups in total. The summed E-state index contributed by atoms with van der Waals surface area (Å²) in [5.74, 6) is -0.674. The molecule has 2 amide bonds. The highest BCUT2D eigenvalue weighted by atomic mass is 35.5. The van der Waals surface area contributed by atoms with E-state index in [0.717, 1.165) is 11.8 Å². The van der Waals surface area contributed by atoms with E-state index in [1.54, 1.807) is 66.7 Å². The minimum absolute atomic E-state index is 0.172. The Morgan fingerprint density at radius 1 is 1.09 bits per heavy atom. The normalized spacial score (nSPS) is 15.8. The maximum absolute atomic E-state index is 13.3. The van der Waals surface area contributed by atoms with Crippen molar-refractivity contribution in [1.82, 2.24) is 5.32 Å². The highest BCUT2D eigenvalue weighted by Crippen LogP contribution is 2.30. The third kappa shape index (κ3) is 5.43. The van der Waals surface area contributed by atoms with Gasteiger partial charge in [0.2, 0.25) is 0 Å². The number of aliphatic imine (C=N–C) groups is 1. The quantitative estimate of drug-likeness (QED) is 0.507. The average Bonchev–Trinajstić information content (AvgIpc) is 3.12. The Morgan fingerprint density at radius 3 is 2.66 bits per heavy atom. The van der Waals surface area contributed by atoms with Gasteiger partial charge in [-0.1, -0.05) is 48.0 Å². The second-order valence-corrected chi connectivity index (χ2v) is 8.20. The van der Waals surface area contributed by atoms with Crippen LogP contribution in [0.5, 0.6) is 5.75 Å². The Hall–Kier alpha value is -3.42. The number of nitrogens with one attached hydrogen (secondary N) is 1. The van der Waals surface area contributed by atoms with Crippen molar-refractivity contribution in [2.75, 3.05) is 0 Å². The summed E-state index contributed by atoms with van der Waals surface area (Å²) in [6, 6.07) is 19.8. The van der Waals surface area contributed by atoms with Crippen LogP contribution in [0.1, 0.15) is 21.5 Å². The van der Waals surface area contributed by atoms with Crippen molar-refractivity contribution in [3.05, 3.63) is 105 Å². The molecule has 160 valence electrons. The highest BCUT2D eigenvalue weighted by Gasteiger charge is 2.25. The summed E-state index contributed by atoms with van der Waals surface area (Å²) in [6.45, 7) is 0.172. The van der Waals surface area contributed by atoms with Gasteiger partial charge in [0, 0.05) is 5.56 Å². The smallest absolute Gasteiger partial charge is 0.279 e. The number of halogens is 2. The Balaban J connectivity index is 1.44. The topological polar surface area (TPSA) is 67.8 Å². The van der Waals surface area contributed by atoms with Crippen molar-refractivity contribution in [3.63, 3.8) is 0 Å². The summed E-state index contributed by atoms with van der Waals surface area (Å²) in [5.41, 5.74) is 1.80. The van der Waals surface area contributed by atoms with Gasteiger partial charge in [-0.25, -0.2) is 4.39 Å². The second kappa shape index (κ2) is 9.80. The predicted molar refractivity (Wildman–Crippen MR) is 124 cm³/mol. The van der Waals surface area contributed by atoms with Crippen molar-refractivity contribution in [2.24, 2.45) is 4.99 Å². The third-order valence-electron chi connectivity index (χ3n) is 4.41. The Bertz CT molecular complexity index is 1250. The third-order valence-corrected chi connectivity index (χ3v) is 5.62. The molecule has 0 saturated carbocycles. The predicted octanol–water partition coefficient (Wildman–Crippen LogP) is 5.46. The molecular weight excluding hydrogens is 451 g/mol. The van der Waals surface area contributed by atoms with Gasteiger partial charge in [-0.05, 0) is 65.4 Å². The molecule has 3 aromatic carbocycles. The zero-order chi connectivity index (χ0) is 22.5. The van der Waals surface area contributed by atoms with Gasteiger partial charge in [0.1, 0.15) is 18.2 Å². The van der Waals surface area contributed by atoms with Crippen molar-refractivity contribution < 1.29 is 18.7 Å². The van der Waals surface area contributed by atoms with Crippen molar-refractivity contribution in [1.29, 1.82) is 0 Å². The Morgan fingerprint density at radius 2 is 1.91 bits per heavy atom. The maximum atomic E-state index is 13.3. The van der Waals surface area contributed by atoms with Crippen molar-refractivity contribution in [3.8, 4) is 5.75 Å². The fourth-order valence-electron chi connectivity index (χ4n) is 2.88. The summed E-state index contributed by atoms with van der Waals surface area (Å²) in [6.07, 6.45) is 1.65. The van der Waals surface area contributed by atoms with Gasteiger partial charge in [-0.15, -0.1) is 0 Å². The number of hydrogen-bond acceptors (Lipinski definition) is 4. The second-order valence-electron chi connectivity index (χ2n) is 6.76. The molecule has 1 aliphatic heterocycles. The van der Waals surface area contributed by atoms with Gasteiger partial charge >= 0.3 is 0 Å². The molecule has 4 rings (SSSR count). The van der Waals surface area contributed by atoms with Crippen molar-refractivity contribution >= 4 is 46.4 Å². The number of hydrogen-bond donors (Lipinski definition) is 1. The molecule has 0 aliphatic carbocycles. The van der Waals surface area contributed by atoms with E-state index in [4.69, 9.17) is 16.3 Å². The Labute approximate surface area is 193 Å². The number of nitrogens with zero attached hydrogens (tertiary/aromatic N) is 1. The lowest BCUT2D eigenvalue weighted by molar-refractivity contribution is -0.115. The van der Waals surface area contributed by atoms with E-state index in [-0.39, 0.29) is 23.5 Å². The van der Waals surface area contributed by atoms with Gasteiger partial charge in [-0.2, -0.15) is 4.99 Å². The number of thioether (sulfide) groups is 1. The first-order valence-electron chi connectivity index (χ1n) is 9.54. The highest BCUT2D eigenvalue weighted by molar-refractivity contribution is 8.18. The molecule has 5 nitrogen and oxygen atoms in total. The van der Waals surface area contributed by atoms with E-state index in [0.29, 0.717) is 32.4 Å². The lowest BCUT2D eigenvalue weighted by Gasteiger charge is -2.09. The van der Waals surface area contributed by atoms with Gasteiger partial charge in [0.15, 0.2) is 5.17 Å². The van der Waals surface area contributed by atoms with E-state index in [9.17, 15) is 14.0 Å². The van der Waals surface area contributed by atoms with E-state index < -0.39 is 5.91 Å². The molecule has 0 radical (unpaired) electrons. The molecule has 8 heteroatoms. The standard InChI is InChI=1S/C24H16ClFN2O3S/c25-19-12-15(9-10-20(19)31-14-16-5-4-8-18(26)11-16)13-21-23(30)28-24(32-21)27-22(29)17-6-2-1-3-7-17/h1-13H,14H2,(H,27,28,29,30)/b21-13-. The molecule has 0 unspecified atom stereocenters. The first kappa shape index (κ1) is 21.8. The average molecular weight is 467 g/mol. The molecule has 1 saturated heterocycles. The summed E-state index contributed by atoms with van der Waals surface area (Å²) < 4.78 is 19.0. The molecule has 32 heavy (non-hydrogen) atoms. The summed E-state index contributed by atoms with van der Waals surface area (Å²) >= 11 is 7.39. The molecule has 1 heterocycles.